The first kappa shape index (κ1) is 30.9. The van der Waals surface area contributed by atoms with Gasteiger partial charge in [-0.1, -0.05) is 18.2 Å². The summed E-state index contributed by atoms with van der Waals surface area (Å²) in [5, 5.41) is 5.73. The predicted molar refractivity (Wildman–Crippen MR) is 160 cm³/mol. The van der Waals surface area contributed by atoms with Crippen LogP contribution in [0.2, 0.25) is 0 Å². The van der Waals surface area contributed by atoms with Crippen molar-refractivity contribution in [3.63, 3.8) is 0 Å². The molecule has 1 saturated heterocycles. The van der Waals surface area contributed by atoms with Gasteiger partial charge in [-0.15, -0.1) is 0 Å². The Morgan fingerprint density at radius 3 is 2.24 bits per heavy atom. The Morgan fingerprint density at radius 2 is 1.52 bits per heavy atom. The van der Waals surface area contributed by atoms with E-state index in [0.717, 1.165) is 18.4 Å². The average Bonchev–Trinajstić information content (AvgIpc) is 3.56. The average molecular weight is 596 g/mol. The minimum absolute atomic E-state index is 0.0683. The van der Waals surface area contributed by atoms with Crippen LogP contribution in [-0.2, 0) is 27.7 Å². The van der Waals surface area contributed by atoms with E-state index in [0.29, 0.717) is 60.1 Å². The lowest BCUT2D eigenvalue weighted by Gasteiger charge is -2.17. The van der Waals surface area contributed by atoms with Crippen LogP contribution >= 0.6 is 0 Å². The number of para-hydroxylation sites is 1. The van der Waals surface area contributed by atoms with Crippen LogP contribution in [0.1, 0.15) is 40.7 Å². The molecule has 0 saturated carbocycles. The Kier molecular flexibility index (Phi) is 10.4. The Morgan fingerprint density at radius 1 is 0.833 bits per heavy atom. The molecule has 0 aromatic heterocycles. The molecule has 0 unspecified atom stereocenters. The molecule has 0 bridgehead atoms. The van der Waals surface area contributed by atoms with Crippen LogP contribution in [0.4, 0.5) is 5.69 Å². The van der Waals surface area contributed by atoms with Crippen molar-refractivity contribution in [3.8, 4) is 17.2 Å². The monoisotopic (exact) mass is 595 g/mol. The molecule has 0 atom stereocenters. The quantitative estimate of drug-likeness (QED) is 0.306. The van der Waals surface area contributed by atoms with Gasteiger partial charge in [-0.25, -0.2) is 8.42 Å². The molecule has 2 amide bonds. The summed E-state index contributed by atoms with van der Waals surface area (Å²) in [7, 11) is 1.05. The number of sulfonamides is 1. The topological polar surface area (TPSA) is 123 Å². The van der Waals surface area contributed by atoms with Crippen molar-refractivity contribution in [1.29, 1.82) is 0 Å². The van der Waals surface area contributed by atoms with E-state index in [1.165, 1.54) is 17.5 Å². The highest BCUT2D eigenvalue weighted by atomic mass is 32.2. The zero-order valence-corrected chi connectivity index (χ0v) is 25.0. The number of nitrogens with zero attached hydrogens (tertiary/aromatic N) is 1. The Balaban J connectivity index is 1.37. The van der Waals surface area contributed by atoms with Gasteiger partial charge in [0.2, 0.25) is 15.9 Å². The summed E-state index contributed by atoms with van der Waals surface area (Å²) in [5.41, 5.74) is 2.33. The van der Waals surface area contributed by atoms with Gasteiger partial charge in [0, 0.05) is 26.1 Å². The molecular formula is C31H37N3O7S. The number of carbonyl (C=O) groups is 2. The Bertz CT molecular complexity index is 1520. The van der Waals surface area contributed by atoms with E-state index in [-0.39, 0.29) is 29.6 Å². The highest BCUT2D eigenvalue weighted by Crippen LogP contribution is 2.29. The van der Waals surface area contributed by atoms with Gasteiger partial charge in [-0.05, 0) is 79.3 Å². The molecule has 2 N–H and O–H groups in total. The highest BCUT2D eigenvalue weighted by Gasteiger charge is 2.28. The van der Waals surface area contributed by atoms with Crippen LogP contribution in [0.15, 0.2) is 65.6 Å². The molecule has 224 valence electrons. The summed E-state index contributed by atoms with van der Waals surface area (Å²) >= 11 is 0. The fourth-order valence-electron chi connectivity index (χ4n) is 4.89. The van der Waals surface area contributed by atoms with E-state index in [4.69, 9.17) is 14.2 Å². The second kappa shape index (κ2) is 14.2. The number of hydrogen-bond donors (Lipinski definition) is 2. The summed E-state index contributed by atoms with van der Waals surface area (Å²) in [5.74, 6) is 1.14. The van der Waals surface area contributed by atoms with Crippen LogP contribution in [0, 0.1) is 0 Å². The molecule has 4 rings (SSSR count). The van der Waals surface area contributed by atoms with Crippen LogP contribution in [-0.4, -0.2) is 65.5 Å². The molecule has 0 spiro atoms. The number of ether oxygens (including phenoxy) is 3. The minimum atomic E-state index is -3.60. The largest absolute Gasteiger partial charge is 0.496 e. The smallest absolute Gasteiger partial charge is 0.253 e. The standard InChI is InChI=1S/C31H37N3O7S/c1-39-27-14-12-24(42(37,38)34-18-6-7-19-34)21-23(27)11-15-30(35)33-26-9-5-4-8-25(26)31(36)32-17-16-22-10-13-28(40-2)29(20-22)41-3/h4-5,8-10,12-14,20-21H,6-7,11,15-19H2,1-3H3,(H,32,36)(H,33,35). The van der Waals surface area contributed by atoms with Crippen molar-refractivity contribution in [1.82, 2.24) is 9.62 Å². The van der Waals surface area contributed by atoms with Crippen molar-refractivity contribution in [2.45, 2.75) is 37.0 Å². The van der Waals surface area contributed by atoms with Crippen LogP contribution < -0.4 is 24.8 Å². The van der Waals surface area contributed by atoms with E-state index >= 15 is 0 Å². The third-order valence-electron chi connectivity index (χ3n) is 7.17. The Hall–Kier alpha value is -4.09. The lowest BCUT2D eigenvalue weighted by Crippen LogP contribution is -2.28. The maximum absolute atomic E-state index is 13.0. The third-order valence-corrected chi connectivity index (χ3v) is 9.06. The first-order chi connectivity index (χ1) is 20.3. The van der Waals surface area contributed by atoms with Crippen molar-refractivity contribution in [2.24, 2.45) is 0 Å². The molecule has 1 aliphatic heterocycles. The SMILES string of the molecule is COc1ccc(S(=O)(=O)N2CCCC2)cc1CCC(=O)Nc1ccccc1C(=O)NCCc1ccc(OC)c(OC)c1. The molecule has 3 aromatic carbocycles. The van der Waals surface area contributed by atoms with Gasteiger partial charge in [0.05, 0.1) is 37.5 Å². The number of methoxy groups -OCH3 is 3. The first-order valence-corrected chi connectivity index (χ1v) is 15.3. The molecule has 0 radical (unpaired) electrons. The number of rotatable bonds is 13. The van der Waals surface area contributed by atoms with Crippen molar-refractivity contribution >= 4 is 27.5 Å². The number of amides is 2. The summed E-state index contributed by atoms with van der Waals surface area (Å²) in [4.78, 5) is 26.1. The fourth-order valence-corrected chi connectivity index (χ4v) is 6.46. The van der Waals surface area contributed by atoms with Gasteiger partial charge in [0.1, 0.15) is 5.75 Å². The number of aryl methyl sites for hydroxylation is 1. The van der Waals surface area contributed by atoms with E-state index < -0.39 is 10.0 Å². The molecular weight excluding hydrogens is 558 g/mol. The van der Waals surface area contributed by atoms with Crippen molar-refractivity contribution < 1.29 is 32.2 Å². The molecule has 11 heteroatoms. The second-order valence-corrected chi connectivity index (χ2v) is 11.8. The van der Waals surface area contributed by atoms with Gasteiger partial charge in [-0.3, -0.25) is 9.59 Å². The predicted octanol–water partition coefficient (Wildman–Crippen LogP) is 4.04. The number of nitrogens with one attached hydrogen (secondary N) is 2. The van der Waals surface area contributed by atoms with Gasteiger partial charge in [-0.2, -0.15) is 4.31 Å². The van der Waals surface area contributed by atoms with Crippen molar-refractivity contribution in [2.75, 3.05) is 46.3 Å². The van der Waals surface area contributed by atoms with E-state index in [1.54, 1.807) is 50.6 Å². The highest BCUT2D eigenvalue weighted by molar-refractivity contribution is 7.89. The van der Waals surface area contributed by atoms with E-state index in [2.05, 4.69) is 10.6 Å². The number of anilines is 1. The molecule has 3 aromatic rings. The molecule has 1 heterocycles. The summed E-state index contributed by atoms with van der Waals surface area (Å²) in [6.07, 6.45) is 2.60. The minimum Gasteiger partial charge on any atom is -0.496 e. The zero-order chi connectivity index (χ0) is 30.1. The Labute approximate surface area is 247 Å². The second-order valence-electron chi connectivity index (χ2n) is 9.87. The van der Waals surface area contributed by atoms with E-state index in [9.17, 15) is 18.0 Å². The lowest BCUT2D eigenvalue weighted by atomic mass is 10.1. The van der Waals surface area contributed by atoms with E-state index in [1.807, 2.05) is 18.2 Å². The third kappa shape index (κ3) is 7.40. The molecule has 1 fully saturated rings. The summed E-state index contributed by atoms with van der Waals surface area (Å²) < 4.78 is 43.6. The fraction of sp³-hybridized carbons (Fsp3) is 0.355. The first-order valence-electron chi connectivity index (χ1n) is 13.8. The number of benzene rings is 3. The van der Waals surface area contributed by atoms with Gasteiger partial charge < -0.3 is 24.8 Å². The summed E-state index contributed by atoms with van der Waals surface area (Å²) in [6.45, 7) is 1.40. The van der Waals surface area contributed by atoms with Gasteiger partial charge in [0.25, 0.3) is 5.91 Å². The normalized spacial score (nSPS) is 13.4. The van der Waals surface area contributed by atoms with Crippen LogP contribution in [0.25, 0.3) is 0 Å². The maximum atomic E-state index is 13.0. The zero-order valence-electron chi connectivity index (χ0n) is 24.1. The maximum Gasteiger partial charge on any atom is 0.253 e. The molecule has 10 nitrogen and oxygen atoms in total. The number of hydrogen-bond acceptors (Lipinski definition) is 7. The molecule has 1 aliphatic rings. The van der Waals surface area contributed by atoms with Gasteiger partial charge >= 0.3 is 0 Å². The summed E-state index contributed by atoms with van der Waals surface area (Å²) in [6, 6.07) is 17.1. The van der Waals surface area contributed by atoms with Gasteiger partial charge in [0.15, 0.2) is 11.5 Å². The molecule has 42 heavy (non-hydrogen) atoms. The lowest BCUT2D eigenvalue weighted by molar-refractivity contribution is -0.116. The van der Waals surface area contributed by atoms with Crippen molar-refractivity contribution in [3.05, 3.63) is 77.4 Å². The van der Waals surface area contributed by atoms with Crippen LogP contribution in [0.5, 0.6) is 17.2 Å². The molecule has 0 aliphatic carbocycles. The number of carbonyl (C=O) groups excluding carboxylic acids is 2. The van der Waals surface area contributed by atoms with Crippen LogP contribution in [0.3, 0.4) is 0 Å².